The average Bonchev–Trinajstić information content (AvgIpc) is 2.67. The minimum absolute atomic E-state index is 0.0541. The van der Waals surface area contributed by atoms with Crippen molar-refractivity contribution in [3.05, 3.63) is 35.9 Å². The van der Waals surface area contributed by atoms with E-state index in [1.165, 1.54) is 58.0 Å². The van der Waals surface area contributed by atoms with Crippen LogP contribution < -0.4 is 11.1 Å². The number of likely N-dealkylation sites (tertiary alicyclic amines) is 1. The third-order valence-electron chi connectivity index (χ3n) is 6.27. The molecule has 3 N–H and O–H groups in total. The van der Waals surface area contributed by atoms with Crippen LogP contribution in [0.3, 0.4) is 0 Å². The van der Waals surface area contributed by atoms with Crippen LogP contribution in [0.15, 0.2) is 30.3 Å². The molecular weight excluding hydrogens is 310 g/mol. The van der Waals surface area contributed by atoms with Gasteiger partial charge >= 0.3 is 0 Å². The molecule has 1 aromatic carbocycles. The minimum atomic E-state index is -0.580. The molecule has 1 atom stereocenters. The van der Waals surface area contributed by atoms with Crippen LogP contribution in [0.4, 0.5) is 0 Å². The number of piperidine rings is 1. The van der Waals surface area contributed by atoms with E-state index in [2.05, 4.69) is 17.1 Å². The fourth-order valence-corrected chi connectivity index (χ4v) is 4.47. The minimum Gasteiger partial charge on any atom is -0.353 e. The number of hydrogen-bond donors (Lipinski definition) is 2. The van der Waals surface area contributed by atoms with E-state index in [0.717, 1.165) is 18.0 Å². The molecule has 1 aromatic rings. The van der Waals surface area contributed by atoms with Crippen molar-refractivity contribution in [2.75, 3.05) is 19.6 Å². The summed E-state index contributed by atoms with van der Waals surface area (Å²) in [5.74, 6) is 0.777. The standard InChI is InChI=1S/C21H33N3O/c1-17-10-14-24(15-11-17)21(12-6-3-7-13-21)16-23-20(25)19(22)18-8-4-2-5-9-18/h2,4-5,8-9,17,19H,3,6-7,10-16,22H2,1H3,(H,23,25)/t19-/m0/s1. The van der Waals surface area contributed by atoms with Crippen molar-refractivity contribution in [3.63, 3.8) is 0 Å². The topological polar surface area (TPSA) is 58.4 Å². The van der Waals surface area contributed by atoms with Gasteiger partial charge in [-0.05, 0) is 50.3 Å². The lowest BCUT2D eigenvalue weighted by molar-refractivity contribution is -0.123. The third kappa shape index (κ3) is 4.42. The van der Waals surface area contributed by atoms with Gasteiger partial charge in [0.1, 0.15) is 6.04 Å². The molecule has 4 nitrogen and oxygen atoms in total. The van der Waals surface area contributed by atoms with Crippen molar-refractivity contribution in [1.82, 2.24) is 10.2 Å². The van der Waals surface area contributed by atoms with Gasteiger partial charge in [-0.3, -0.25) is 9.69 Å². The normalized spacial score (nSPS) is 23.1. The molecule has 0 spiro atoms. The molecule has 2 aliphatic rings. The number of carbonyl (C=O) groups excluding carboxylic acids is 1. The Morgan fingerprint density at radius 1 is 1.20 bits per heavy atom. The van der Waals surface area contributed by atoms with Crippen molar-refractivity contribution in [3.8, 4) is 0 Å². The van der Waals surface area contributed by atoms with Crippen LogP contribution in [0.1, 0.15) is 63.5 Å². The van der Waals surface area contributed by atoms with E-state index in [4.69, 9.17) is 5.73 Å². The maximum Gasteiger partial charge on any atom is 0.241 e. The number of amides is 1. The molecule has 1 saturated carbocycles. The number of rotatable bonds is 5. The van der Waals surface area contributed by atoms with Crippen molar-refractivity contribution < 1.29 is 4.79 Å². The summed E-state index contributed by atoms with van der Waals surface area (Å²) in [7, 11) is 0. The maximum absolute atomic E-state index is 12.6. The van der Waals surface area contributed by atoms with Crippen LogP contribution in [0.2, 0.25) is 0 Å². The molecule has 0 radical (unpaired) electrons. The lowest BCUT2D eigenvalue weighted by Gasteiger charge is -2.49. The van der Waals surface area contributed by atoms with Gasteiger partial charge in [0.2, 0.25) is 5.91 Å². The zero-order valence-electron chi connectivity index (χ0n) is 15.5. The van der Waals surface area contributed by atoms with Gasteiger partial charge < -0.3 is 11.1 Å². The number of carbonyl (C=O) groups is 1. The Kier molecular flexibility index (Phi) is 6.13. The number of nitrogens with one attached hydrogen (secondary N) is 1. The highest BCUT2D eigenvalue weighted by Gasteiger charge is 2.39. The van der Waals surface area contributed by atoms with E-state index < -0.39 is 6.04 Å². The zero-order chi connectivity index (χ0) is 17.7. The van der Waals surface area contributed by atoms with Crippen LogP contribution in [-0.4, -0.2) is 36.0 Å². The monoisotopic (exact) mass is 343 g/mol. The van der Waals surface area contributed by atoms with E-state index in [-0.39, 0.29) is 11.4 Å². The first-order valence-corrected chi connectivity index (χ1v) is 9.94. The second kappa shape index (κ2) is 8.33. The van der Waals surface area contributed by atoms with Crippen molar-refractivity contribution in [1.29, 1.82) is 0 Å². The first kappa shape index (κ1) is 18.4. The first-order valence-electron chi connectivity index (χ1n) is 9.94. The molecule has 4 heteroatoms. The molecule has 138 valence electrons. The van der Waals surface area contributed by atoms with E-state index in [0.29, 0.717) is 0 Å². The molecule has 1 amide bonds. The van der Waals surface area contributed by atoms with Crippen molar-refractivity contribution in [2.45, 2.75) is 63.5 Å². The van der Waals surface area contributed by atoms with Crippen molar-refractivity contribution >= 4 is 5.91 Å². The quantitative estimate of drug-likeness (QED) is 0.863. The number of benzene rings is 1. The van der Waals surface area contributed by atoms with Crippen LogP contribution in [0.25, 0.3) is 0 Å². The molecule has 1 aliphatic carbocycles. The second-order valence-corrected chi connectivity index (χ2v) is 8.06. The molecule has 0 unspecified atom stereocenters. The highest BCUT2D eigenvalue weighted by molar-refractivity contribution is 5.83. The van der Waals surface area contributed by atoms with Gasteiger partial charge in [0.15, 0.2) is 0 Å². The van der Waals surface area contributed by atoms with Gasteiger partial charge in [-0.2, -0.15) is 0 Å². The van der Waals surface area contributed by atoms with Gasteiger partial charge in [-0.1, -0.05) is 56.5 Å². The summed E-state index contributed by atoms with van der Waals surface area (Å²) < 4.78 is 0. The maximum atomic E-state index is 12.6. The zero-order valence-corrected chi connectivity index (χ0v) is 15.5. The molecular formula is C21H33N3O. The summed E-state index contributed by atoms with van der Waals surface area (Å²) in [5.41, 5.74) is 7.19. The number of hydrogen-bond acceptors (Lipinski definition) is 3. The van der Waals surface area contributed by atoms with Gasteiger partial charge in [0, 0.05) is 12.1 Å². The van der Waals surface area contributed by atoms with Gasteiger partial charge in [-0.15, -0.1) is 0 Å². The molecule has 3 rings (SSSR count). The van der Waals surface area contributed by atoms with Crippen LogP contribution in [-0.2, 0) is 4.79 Å². The second-order valence-electron chi connectivity index (χ2n) is 8.06. The Labute approximate surface area is 152 Å². The smallest absolute Gasteiger partial charge is 0.241 e. The van der Waals surface area contributed by atoms with E-state index >= 15 is 0 Å². The summed E-state index contributed by atoms with van der Waals surface area (Å²) >= 11 is 0. The first-order chi connectivity index (χ1) is 12.1. The summed E-state index contributed by atoms with van der Waals surface area (Å²) in [6, 6.07) is 9.07. The Hall–Kier alpha value is -1.39. The Morgan fingerprint density at radius 2 is 1.84 bits per heavy atom. The Balaban J connectivity index is 1.63. The predicted molar refractivity (Wildman–Crippen MR) is 102 cm³/mol. The van der Waals surface area contributed by atoms with E-state index in [1.54, 1.807) is 0 Å². The largest absolute Gasteiger partial charge is 0.353 e. The Morgan fingerprint density at radius 3 is 2.48 bits per heavy atom. The van der Waals surface area contributed by atoms with Gasteiger partial charge in [0.05, 0.1) is 0 Å². The summed E-state index contributed by atoms with van der Waals surface area (Å²) in [5, 5.41) is 3.19. The Bertz CT molecular complexity index is 546. The van der Waals surface area contributed by atoms with E-state index in [9.17, 15) is 4.79 Å². The number of nitrogens with two attached hydrogens (primary N) is 1. The molecule has 0 bridgehead atoms. The summed E-state index contributed by atoms with van der Waals surface area (Å²) in [6.07, 6.45) is 8.81. The van der Waals surface area contributed by atoms with Gasteiger partial charge in [0.25, 0.3) is 0 Å². The summed E-state index contributed by atoms with van der Waals surface area (Å²) in [6.45, 7) is 5.43. The number of nitrogens with zero attached hydrogens (tertiary/aromatic N) is 1. The predicted octanol–water partition coefficient (Wildman–Crippen LogP) is 3.24. The van der Waals surface area contributed by atoms with E-state index in [1.807, 2.05) is 30.3 Å². The molecule has 1 saturated heterocycles. The van der Waals surface area contributed by atoms with Crippen LogP contribution >= 0.6 is 0 Å². The lowest BCUT2D eigenvalue weighted by atomic mass is 9.78. The molecule has 25 heavy (non-hydrogen) atoms. The SMILES string of the molecule is CC1CCN(C2(CNC(=O)[C@@H](N)c3ccccc3)CCCCC2)CC1. The molecule has 1 heterocycles. The fraction of sp³-hybridized carbons (Fsp3) is 0.667. The highest BCUT2D eigenvalue weighted by atomic mass is 16.2. The molecule has 1 aliphatic heterocycles. The van der Waals surface area contributed by atoms with Crippen LogP contribution in [0, 0.1) is 5.92 Å². The lowest BCUT2D eigenvalue weighted by Crippen LogP contribution is -2.59. The summed E-state index contributed by atoms with van der Waals surface area (Å²) in [4.78, 5) is 15.3. The third-order valence-corrected chi connectivity index (χ3v) is 6.27. The molecule has 2 fully saturated rings. The van der Waals surface area contributed by atoms with Crippen molar-refractivity contribution in [2.24, 2.45) is 11.7 Å². The fourth-order valence-electron chi connectivity index (χ4n) is 4.47. The van der Waals surface area contributed by atoms with Gasteiger partial charge in [-0.25, -0.2) is 0 Å². The molecule has 0 aromatic heterocycles. The average molecular weight is 344 g/mol. The highest BCUT2D eigenvalue weighted by Crippen LogP contribution is 2.36. The van der Waals surface area contributed by atoms with Crippen LogP contribution in [0.5, 0.6) is 0 Å².